The quantitative estimate of drug-likeness (QED) is 0.860. The summed E-state index contributed by atoms with van der Waals surface area (Å²) in [5.41, 5.74) is 1.32. The molecule has 0 radical (unpaired) electrons. The molecule has 0 spiro atoms. The van der Waals surface area contributed by atoms with Crippen LogP contribution in [-0.2, 0) is 26.0 Å². The molecule has 0 atom stereocenters. The lowest BCUT2D eigenvalue weighted by molar-refractivity contribution is -0.115. The first-order valence-electron chi connectivity index (χ1n) is 6.95. The molecule has 2 amide bonds. The van der Waals surface area contributed by atoms with Crippen LogP contribution in [0.25, 0.3) is 0 Å². The zero-order valence-electron chi connectivity index (χ0n) is 12.9. The fourth-order valence-corrected chi connectivity index (χ4v) is 2.83. The molecule has 2 rings (SSSR count). The standard InChI is InChI=1S/C16H16N2O5S.2H2/c1-23-16(20)18-24(21,22)14-9-7-13(8-10-14)17-15(19)11-12-5-3-2-4-6-12;;/h2-10H,11H2,1H3,(H,17,19)(H,18,20);2*1H. The van der Waals surface area contributed by atoms with Gasteiger partial charge in [-0.15, -0.1) is 0 Å². The number of rotatable bonds is 5. The summed E-state index contributed by atoms with van der Waals surface area (Å²) in [4.78, 5) is 22.8. The third-order valence-corrected chi connectivity index (χ3v) is 4.39. The molecule has 0 saturated heterocycles. The number of hydrogen-bond acceptors (Lipinski definition) is 5. The van der Waals surface area contributed by atoms with E-state index in [1.54, 1.807) is 4.72 Å². The molecule has 8 heteroatoms. The lowest BCUT2D eigenvalue weighted by atomic mass is 10.1. The van der Waals surface area contributed by atoms with Gasteiger partial charge in [0, 0.05) is 8.54 Å². The van der Waals surface area contributed by atoms with Gasteiger partial charge >= 0.3 is 6.09 Å². The number of benzene rings is 2. The largest absolute Gasteiger partial charge is 0.452 e. The van der Waals surface area contributed by atoms with E-state index in [4.69, 9.17) is 0 Å². The normalized spacial score (nSPS) is 10.7. The first-order chi connectivity index (χ1) is 11.4. The molecule has 24 heavy (non-hydrogen) atoms. The Morgan fingerprint density at radius 3 is 2.25 bits per heavy atom. The molecular formula is C16H20N2O5S. The van der Waals surface area contributed by atoms with E-state index in [2.05, 4.69) is 10.1 Å². The van der Waals surface area contributed by atoms with Gasteiger partial charge in [-0.05, 0) is 29.8 Å². The monoisotopic (exact) mass is 352 g/mol. The number of anilines is 1. The van der Waals surface area contributed by atoms with Gasteiger partial charge in [0.1, 0.15) is 0 Å². The molecule has 0 fully saturated rings. The molecular weight excluding hydrogens is 332 g/mol. The Balaban J connectivity index is 0.00000312. The average molecular weight is 352 g/mol. The van der Waals surface area contributed by atoms with Crippen molar-refractivity contribution in [2.24, 2.45) is 0 Å². The van der Waals surface area contributed by atoms with Crippen LogP contribution < -0.4 is 10.0 Å². The van der Waals surface area contributed by atoms with Gasteiger partial charge in [-0.2, -0.15) is 0 Å². The summed E-state index contributed by atoms with van der Waals surface area (Å²) in [5, 5.41) is 2.68. The molecule has 0 aliphatic carbocycles. The van der Waals surface area contributed by atoms with E-state index in [0.29, 0.717) is 5.69 Å². The van der Waals surface area contributed by atoms with Crippen LogP contribution in [0.1, 0.15) is 8.42 Å². The van der Waals surface area contributed by atoms with Gasteiger partial charge in [-0.3, -0.25) is 4.79 Å². The number of amides is 2. The highest BCUT2D eigenvalue weighted by Gasteiger charge is 2.17. The Labute approximate surface area is 142 Å². The maximum Gasteiger partial charge on any atom is 0.420 e. The summed E-state index contributed by atoms with van der Waals surface area (Å²) >= 11 is 0. The fourth-order valence-electron chi connectivity index (χ4n) is 1.91. The predicted molar refractivity (Wildman–Crippen MR) is 92.2 cm³/mol. The van der Waals surface area contributed by atoms with E-state index >= 15 is 0 Å². The van der Waals surface area contributed by atoms with Crippen LogP contribution in [0.4, 0.5) is 10.5 Å². The maximum absolute atomic E-state index is 11.9. The van der Waals surface area contributed by atoms with Crippen molar-refractivity contribution in [1.82, 2.24) is 4.72 Å². The van der Waals surface area contributed by atoms with E-state index in [1.165, 1.54) is 24.3 Å². The fraction of sp³-hybridized carbons (Fsp3) is 0.125. The van der Waals surface area contributed by atoms with Gasteiger partial charge in [0.25, 0.3) is 10.0 Å². The minimum Gasteiger partial charge on any atom is -0.452 e. The van der Waals surface area contributed by atoms with Crippen molar-refractivity contribution < 1.29 is 25.6 Å². The molecule has 7 nitrogen and oxygen atoms in total. The molecule has 0 aliphatic heterocycles. The van der Waals surface area contributed by atoms with Crippen LogP contribution in [0.15, 0.2) is 59.5 Å². The van der Waals surface area contributed by atoms with Crippen LogP contribution in [0.3, 0.4) is 0 Å². The van der Waals surface area contributed by atoms with Crippen LogP contribution in [0.2, 0.25) is 0 Å². The molecule has 0 saturated carbocycles. The first kappa shape index (κ1) is 17.5. The van der Waals surface area contributed by atoms with Crippen molar-refractivity contribution in [3.05, 3.63) is 60.2 Å². The second kappa shape index (κ2) is 7.60. The topological polar surface area (TPSA) is 102 Å². The molecule has 2 aromatic carbocycles. The summed E-state index contributed by atoms with van der Waals surface area (Å²) in [5.74, 6) is -0.218. The maximum atomic E-state index is 11.9. The highest BCUT2D eigenvalue weighted by Crippen LogP contribution is 2.14. The van der Waals surface area contributed by atoms with E-state index in [0.717, 1.165) is 12.7 Å². The molecule has 0 unspecified atom stereocenters. The van der Waals surface area contributed by atoms with E-state index in [1.807, 2.05) is 30.3 Å². The number of carbonyl (C=O) groups is 2. The van der Waals surface area contributed by atoms with Crippen LogP contribution in [0.5, 0.6) is 0 Å². The predicted octanol–water partition coefficient (Wildman–Crippen LogP) is 2.40. The van der Waals surface area contributed by atoms with Crippen molar-refractivity contribution >= 4 is 27.7 Å². The number of methoxy groups -OCH3 is 1. The molecule has 130 valence electrons. The Morgan fingerprint density at radius 2 is 1.67 bits per heavy atom. The van der Waals surface area contributed by atoms with Gasteiger partial charge in [0.15, 0.2) is 0 Å². The summed E-state index contributed by atoms with van der Waals surface area (Å²) in [7, 11) is -2.94. The lowest BCUT2D eigenvalue weighted by Gasteiger charge is -2.08. The van der Waals surface area contributed by atoms with E-state index in [9.17, 15) is 18.0 Å². The molecule has 2 aromatic rings. The zero-order valence-corrected chi connectivity index (χ0v) is 13.7. The van der Waals surface area contributed by atoms with Gasteiger partial charge < -0.3 is 10.1 Å². The molecule has 0 aliphatic rings. The summed E-state index contributed by atoms with van der Waals surface area (Å²) in [6, 6.07) is 14.7. The van der Waals surface area contributed by atoms with Gasteiger partial charge in [-0.1, -0.05) is 30.3 Å². The SMILES string of the molecule is COC(=O)NS(=O)(=O)c1ccc(NC(=O)Cc2ccccc2)cc1.[HH].[HH]. The minimum absolute atomic E-state index is 0. The Hall–Kier alpha value is -2.87. The van der Waals surface area contributed by atoms with Crippen LogP contribution >= 0.6 is 0 Å². The van der Waals surface area contributed by atoms with Gasteiger partial charge in [0.2, 0.25) is 5.91 Å². The number of nitrogens with one attached hydrogen (secondary N) is 2. The van der Waals surface area contributed by atoms with E-state index < -0.39 is 16.1 Å². The molecule has 0 heterocycles. The van der Waals surface area contributed by atoms with Crippen molar-refractivity contribution in [2.75, 3.05) is 12.4 Å². The molecule has 0 aromatic heterocycles. The molecule has 0 bridgehead atoms. The number of carbonyl (C=O) groups excluding carboxylic acids is 2. The van der Waals surface area contributed by atoms with Crippen LogP contribution in [0, 0.1) is 0 Å². The summed E-state index contributed by atoms with van der Waals surface area (Å²) in [6.45, 7) is 0. The van der Waals surface area contributed by atoms with E-state index in [-0.39, 0.29) is 20.1 Å². The Morgan fingerprint density at radius 1 is 1.04 bits per heavy atom. The first-order valence-corrected chi connectivity index (χ1v) is 8.43. The highest BCUT2D eigenvalue weighted by molar-refractivity contribution is 7.90. The second-order valence-corrected chi connectivity index (χ2v) is 6.51. The Bertz CT molecular complexity index is 827. The second-order valence-electron chi connectivity index (χ2n) is 4.83. The summed E-state index contributed by atoms with van der Waals surface area (Å²) in [6.07, 6.45) is -0.861. The smallest absolute Gasteiger partial charge is 0.420 e. The minimum atomic E-state index is -4.00. The van der Waals surface area contributed by atoms with Gasteiger partial charge in [-0.25, -0.2) is 17.9 Å². The highest BCUT2D eigenvalue weighted by atomic mass is 32.2. The number of hydrogen-bond donors (Lipinski definition) is 2. The van der Waals surface area contributed by atoms with Crippen molar-refractivity contribution in [3.8, 4) is 0 Å². The molecule has 2 N–H and O–H groups in total. The Kier molecular flexibility index (Phi) is 5.54. The number of sulfonamides is 1. The van der Waals surface area contributed by atoms with Gasteiger partial charge in [0.05, 0.1) is 18.4 Å². The van der Waals surface area contributed by atoms with Crippen molar-refractivity contribution in [1.29, 1.82) is 0 Å². The third-order valence-electron chi connectivity index (χ3n) is 3.06. The lowest BCUT2D eigenvalue weighted by Crippen LogP contribution is -2.30. The zero-order chi connectivity index (χ0) is 17.6. The van der Waals surface area contributed by atoms with Crippen molar-refractivity contribution in [2.45, 2.75) is 11.3 Å². The average Bonchev–Trinajstić information content (AvgIpc) is 2.55. The van der Waals surface area contributed by atoms with Crippen LogP contribution in [-0.4, -0.2) is 27.5 Å². The van der Waals surface area contributed by atoms with Crippen molar-refractivity contribution in [3.63, 3.8) is 0 Å². The summed E-state index contributed by atoms with van der Waals surface area (Å²) < 4.78 is 29.7. The number of ether oxygens (including phenoxy) is 1. The third kappa shape index (κ3) is 4.82.